The summed E-state index contributed by atoms with van der Waals surface area (Å²) in [4.78, 5) is 29.0. The molecule has 0 unspecified atom stereocenters. The van der Waals surface area contributed by atoms with Crippen LogP contribution >= 0.6 is 0 Å². The second-order valence-electron chi connectivity index (χ2n) is 3.81. The molecular weight excluding hydrogens is 232 g/mol. The molecule has 0 aliphatic rings. The van der Waals surface area contributed by atoms with E-state index in [1.54, 1.807) is 25.3 Å². The number of carbonyl (C=O) groups excluding carboxylic acids is 2. The van der Waals surface area contributed by atoms with E-state index in [4.69, 9.17) is 4.74 Å². The highest BCUT2D eigenvalue weighted by atomic mass is 16.5. The number of carbonyl (C=O) groups is 2. The van der Waals surface area contributed by atoms with E-state index in [9.17, 15) is 9.59 Å². The molecule has 0 bridgehead atoms. The lowest BCUT2D eigenvalue weighted by Gasteiger charge is -2.19. The van der Waals surface area contributed by atoms with Crippen molar-refractivity contribution in [3.8, 4) is 0 Å². The first-order valence-corrected chi connectivity index (χ1v) is 5.96. The van der Waals surface area contributed by atoms with E-state index in [1.807, 2.05) is 13.8 Å². The molecule has 1 amide bonds. The predicted molar refractivity (Wildman–Crippen MR) is 67.2 cm³/mol. The standard InChI is InChI=1S/C13H18N2O3/c1-4-15(9-12(16)18-5-2)13(17)11-6-7-14-10(3)8-11/h6-8H,4-5,9H2,1-3H3. The number of nitrogens with zero attached hydrogens (tertiary/aromatic N) is 2. The van der Waals surface area contributed by atoms with Gasteiger partial charge in [-0.3, -0.25) is 14.6 Å². The molecule has 0 aliphatic carbocycles. The van der Waals surface area contributed by atoms with E-state index in [-0.39, 0.29) is 12.5 Å². The van der Waals surface area contributed by atoms with Crippen molar-refractivity contribution in [1.82, 2.24) is 9.88 Å². The summed E-state index contributed by atoms with van der Waals surface area (Å²) in [5.74, 6) is -0.575. The third-order valence-electron chi connectivity index (χ3n) is 2.44. The Labute approximate surface area is 107 Å². The number of esters is 1. The van der Waals surface area contributed by atoms with Crippen molar-refractivity contribution in [2.45, 2.75) is 20.8 Å². The fraction of sp³-hybridized carbons (Fsp3) is 0.462. The van der Waals surface area contributed by atoms with E-state index >= 15 is 0 Å². The van der Waals surface area contributed by atoms with Crippen LogP contribution in [0.4, 0.5) is 0 Å². The van der Waals surface area contributed by atoms with Gasteiger partial charge in [-0.2, -0.15) is 0 Å². The fourth-order valence-corrected chi connectivity index (χ4v) is 1.55. The van der Waals surface area contributed by atoms with Crippen LogP contribution in [0.25, 0.3) is 0 Å². The average Bonchev–Trinajstić information content (AvgIpc) is 2.35. The van der Waals surface area contributed by atoms with E-state index < -0.39 is 5.97 Å². The lowest BCUT2D eigenvalue weighted by molar-refractivity contribution is -0.143. The molecule has 0 aliphatic heterocycles. The summed E-state index contributed by atoms with van der Waals surface area (Å²) in [5.41, 5.74) is 1.31. The number of amides is 1. The first-order chi connectivity index (χ1) is 8.58. The predicted octanol–water partition coefficient (Wildman–Crippen LogP) is 1.42. The van der Waals surface area contributed by atoms with Crippen molar-refractivity contribution in [1.29, 1.82) is 0 Å². The maximum atomic E-state index is 12.2. The van der Waals surface area contributed by atoms with Crippen LogP contribution in [0.3, 0.4) is 0 Å². The van der Waals surface area contributed by atoms with Gasteiger partial charge in [0.2, 0.25) is 0 Å². The number of aryl methyl sites for hydroxylation is 1. The van der Waals surface area contributed by atoms with Gasteiger partial charge in [0.1, 0.15) is 6.54 Å². The number of pyridine rings is 1. The zero-order valence-corrected chi connectivity index (χ0v) is 11.0. The van der Waals surface area contributed by atoms with E-state index in [0.717, 1.165) is 5.69 Å². The minimum absolute atomic E-state index is 0.0233. The van der Waals surface area contributed by atoms with Crippen molar-refractivity contribution in [2.24, 2.45) is 0 Å². The average molecular weight is 250 g/mol. The third kappa shape index (κ3) is 3.84. The highest BCUT2D eigenvalue weighted by molar-refractivity contribution is 5.95. The quantitative estimate of drug-likeness (QED) is 0.741. The van der Waals surface area contributed by atoms with Crippen LogP contribution in [0.5, 0.6) is 0 Å². The van der Waals surface area contributed by atoms with Gasteiger partial charge < -0.3 is 9.64 Å². The Morgan fingerprint density at radius 2 is 2.11 bits per heavy atom. The van der Waals surface area contributed by atoms with E-state index in [0.29, 0.717) is 18.7 Å². The SMILES string of the molecule is CCOC(=O)CN(CC)C(=O)c1ccnc(C)c1. The maximum Gasteiger partial charge on any atom is 0.325 e. The van der Waals surface area contributed by atoms with Crippen LogP contribution in [0.2, 0.25) is 0 Å². The molecule has 0 atom stereocenters. The summed E-state index contributed by atoms with van der Waals surface area (Å²) in [5, 5.41) is 0. The second-order valence-corrected chi connectivity index (χ2v) is 3.81. The number of ether oxygens (including phenoxy) is 1. The van der Waals surface area contributed by atoms with Crippen LogP contribution in [0.15, 0.2) is 18.3 Å². The zero-order chi connectivity index (χ0) is 13.5. The summed E-state index contributed by atoms with van der Waals surface area (Å²) >= 11 is 0. The number of hydrogen-bond donors (Lipinski definition) is 0. The van der Waals surface area contributed by atoms with Gasteiger partial charge in [0.15, 0.2) is 0 Å². The van der Waals surface area contributed by atoms with Gasteiger partial charge in [0.25, 0.3) is 5.91 Å². The lowest BCUT2D eigenvalue weighted by Crippen LogP contribution is -2.36. The van der Waals surface area contributed by atoms with Crippen molar-refractivity contribution >= 4 is 11.9 Å². The normalized spacial score (nSPS) is 9.94. The molecule has 0 fully saturated rings. The molecule has 5 nitrogen and oxygen atoms in total. The largest absolute Gasteiger partial charge is 0.465 e. The van der Waals surface area contributed by atoms with E-state index in [2.05, 4.69) is 4.98 Å². The minimum Gasteiger partial charge on any atom is -0.465 e. The summed E-state index contributed by atoms with van der Waals surface area (Å²) in [7, 11) is 0. The highest BCUT2D eigenvalue weighted by Gasteiger charge is 2.17. The summed E-state index contributed by atoms with van der Waals surface area (Å²) < 4.78 is 4.84. The van der Waals surface area contributed by atoms with Gasteiger partial charge in [-0.05, 0) is 32.9 Å². The molecule has 98 valence electrons. The first-order valence-electron chi connectivity index (χ1n) is 5.96. The van der Waals surface area contributed by atoms with E-state index in [1.165, 1.54) is 4.90 Å². The van der Waals surface area contributed by atoms with Gasteiger partial charge in [-0.15, -0.1) is 0 Å². The Morgan fingerprint density at radius 3 is 2.67 bits per heavy atom. The van der Waals surface area contributed by atoms with Gasteiger partial charge >= 0.3 is 5.97 Å². The molecule has 5 heteroatoms. The maximum absolute atomic E-state index is 12.2. The number of aromatic nitrogens is 1. The molecule has 1 rings (SSSR count). The smallest absolute Gasteiger partial charge is 0.325 e. The molecule has 0 saturated carbocycles. The van der Waals surface area contributed by atoms with Gasteiger partial charge in [-0.25, -0.2) is 0 Å². The van der Waals surface area contributed by atoms with Crippen molar-refractivity contribution in [2.75, 3.05) is 19.7 Å². The molecule has 0 radical (unpaired) electrons. The molecule has 0 spiro atoms. The third-order valence-corrected chi connectivity index (χ3v) is 2.44. The van der Waals surface area contributed by atoms with Crippen LogP contribution < -0.4 is 0 Å². The molecular formula is C13H18N2O3. The molecule has 0 aromatic carbocycles. The lowest BCUT2D eigenvalue weighted by atomic mass is 10.2. The second kappa shape index (κ2) is 6.74. The Kier molecular flexibility index (Phi) is 5.30. The Morgan fingerprint density at radius 1 is 1.39 bits per heavy atom. The molecule has 1 aromatic rings. The first kappa shape index (κ1) is 14.2. The Hall–Kier alpha value is -1.91. The topological polar surface area (TPSA) is 59.5 Å². The monoisotopic (exact) mass is 250 g/mol. The zero-order valence-electron chi connectivity index (χ0n) is 11.0. The van der Waals surface area contributed by atoms with Crippen LogP contribution in [0, 0.1) is 6.92 Å². The van der Waals surface area contributed by atoms with Crippen molar-refractivity contribution < 1.29 is 14.3 Å². The number of likely N-dealkylation sites (N-methyl/N-ethyl adjacent to an activating group) is 1. The Bertz CT molecular complexity index is 432. The van der Waals surface area contributed by atoms with Crippen molar-refractivity contribution in [3.05, 3.63) is 29.6 Å². The fourth-order valence-electron chi connectivity index (χ4n) is 1.55. The molecule has 1 aromatic heterocycles. The Balaban J connectivity index is 2.76. The summed E-state index contributed by atoms with van der Waals surface area (Å²) in [6.45, 7) is 6.13. The highest BCUT2D eigenvalue weighted by Crippen LogP contribution is 2.06. The van der Waals surface area contributed by atoms with Crippen LogP contribution in [0.1, 0.15) is 29.9 Å². The summed E-state index contributed by atoms with van der Waals surface area (Å²) in [6, 6.07) is 3.35. The molecule has 1 heterocycles. The number of hydrogen-bond acceptors (Lipinski definition) is 4. The molecule has 0 N–H and O–H groups in total. The number of rotatable bonds is 5. The van der Waals surface area contributed by atoms with Gasteiger partial charge in [-0.1, -0.05) is 0 Å². The molecule has 18 heavy (non-hydrogen) atoms. The van der Waals surface area contributed by atoms with Crippen LogP contribution in [-0.4, -0.2) is 41.5 Å². The van der Waals surface area contributed by atoms with Crippen LogP contribution in [-0.2, 0) is 9.53 Å². The minimum atomic E-state index is -0.390. The molecule has 0 saturated heterocycles. The van der Waals surface area contributed by atoms with Gasteiger partial charge in [0.05, 0.1) is 6.61 Å². The van der Waals surface area contributed by atoms with Crippen molar-refractivity contribution in [3.63, 3.8) is 0 Å². The van der Waals surface area contributed by atoms with Gasteiger partial charge in [0, 0.05) is 24.0 Å². The summed E-state index contributed by atoms with van der Waals surface area (Å²) in [6.07, 6.45) is 1.58.